The standard InChI is InChI=1S/C7H16N2O3S/c1-7(10)6-8-13(11,12)9-4-2-3-5-9/h7-8,10H,2-6H2,1H3/t7-/m1/s1. The normalized spacial score (nSPS) is 22.0. The second-order valence-corrected chi connectivity index (χ2v) is 5.06. The highest BCUT2D eigenvalue weighted by atomic mass is 32.2. The molecule has 6 heteroatoms. The summed E-state index contributed by atoms with van der Waals surface area (Å²) in [4.78, 5) is 0. The van der Waals surface area contributed by atoms with Gasteiger partial charge in [0.05, 0.1) is 6.10 Å². The van der Waals surface area contributed by atoms with Gasteiger partial charge in [-0.1, -0.05) is 0 Å². The maximum Gasteiger partial charge on any atom is 0.279 e. The van der Waals surface area contributed by atoms with Gasteiger partial charge >= 0.3 is 0 Å². The first-order valence-electron chi connectivity index (χ1n) is 4.45. The third kappa shape index (κ3) is 3.22. The van der Waals surface area contributed by atoms with E-state index in [2.05, 4.69) is 4.72 Å². The highest BCUT2D eigenvalue weighted by Crippen LogP contribution is 2.10. The summed E-state index contributed by atoms with van der Waals surface area (Å²) < 4.78 is 26.6. The zero-order valence-corrected chi connectivity index (χ0v) is 8.55. The van der Waals surface area contributed by atoms with Gasteiger partial charge in [0.1, 0.15) is 0 Å². The number of aliphatic hydroxyl groups is 1. The molecule has 1 aliphatic rings. The lowest BCUT2D eigenvalue weighted by Gasteiger charge is -2.16. The molecule has 0 saturated carbocycles. The fraction of sp³-hybridized carbons (Fsp3) is 1.00. The molecule has 13 heavy (non-hydrogen) atoms. The van der Waals surface area contributed by atoms with Gasteiger partial charge < -0.3 is 5.11 Å². The van der Waals surface area contributed by atoms with Crippen molar-refractivity contribution in [1.29, 1.82) is 0 Å². The van der Waals surface area contributed by atoms with Crippen LogP contribution >= 0.6 is 0 Å². The Kier molecular flexibility index (Phi) is 3.66. The number of aliphatic hydroxyl groups excluding tert-OH is 1. The Morgan fingerprint density at radius 3 is 2.46 bits per heavy atom. The Hall–Kier alpha value is -0.170. The van der Waals surface area contributed by atoms with Gasteiger partial charge in [-0.3, -0.25) is 0 Å². The summed E-state index contributed by atoms with van der Waals surface area (Å²) in [6.45, 7) is 2.82. The lowest BCUT2D eigenvalue weighted by Crippen LogP contribution is -2.41. The molecule has 1 atom stereocenters. The van der Waals surface area contributed by atoms with Crippen molar-refractivity contribution >= 4 is 10.2 Å². The van der Waals surface area contributed by atoms with Crippen molar-refractivity contribution in [2.24, 2.45) is 0 Å². The molecule has 0 aromatic carbocycles. The maximum absolute atomic E-state index is 11.4. The average Bonchev–Trinajstić information content (AvgIpc) is 2.53. The smallest absolute Gasteiger partial charge is 0.279 e. The van der Waals surface area contributed by atoms with E-state index in [0.29, 0.717) is 13.1 Å². The lowest BCUT2D eigenvalue weighted by molar-refractivity contribution is 0.198. The van der Waals surface area contributed by atoms with Gasteiger partial charge in [-0.15, -0.1) is 0 Å². The molecule has 0 unspecified atom stereocenters. The van der Waals surface area contributed by atoms with Crippen LogP contribution in [0, 0.1) is 0 Å². The van der Waals surface area contributed by atoms with E-state index >= 15 is 0 Å². The molecule has 1 fully saturated rings. The highest BCUT2D eigenvalue weighted by Gasteiger charge is 2.24. The summed E-state index contributed by atoms with van der Waals surface area (Å²) in [6.07, 6.45) is 1.21. The number of rotatable bonds is 4. The quantitative estimate of drug-likeness (QED) is 0.641. The van der Waals surface area contributed by atoms with Crippen LogP contribution in [-0.2, 0) is 10.2 Å². The third-order valence-corrected chi connectivity index (χ3v) is 3.54. The first kappa shape index (κ1) is 10.9. The van der Waals surface area contributed by atoms with E-state index in [-0.39, 0.29) is 6.54 Å². The van der Waals surface area contributed by atoms with E-state index in [9.17, 15) is 8.42 Å². The summed E-state index contributed by atoms with van der Waals surface area (Å²) in [6, 6.07) is 0. The van der Waals surface area contributed by atoms with Crippen LogP contribution < -0.4 is 4.72 Å². The first-order valence-corrected chi connectivity index (χ1v) is 5.89. The Morgan fingerprint density at radius 1 is 1.46 bits per heavy atom. The van der Waals surface area contributed by atoms with Crippen molar-refractivity contribution in [3.63, 3.8) is 0 Å². The van der Waals surface area contributed by atoms with Gasteiger partial charge in [-0.2, -0.15) is 17.4 Å². The predicted octanol–water partition coefficient (Wildman–Crippen LogP) is -0.703. The molecule has 0 amide bonds. The van der Waals surface area contributed by atoms with E-state index in [1.54, 1.807) is 6.92 Å². The van der Waals surface area contributed by atoms with Gasteiger partial charge in [0, 0.05) is 19.6 Å². The van der Waals surface area contributed by atoms with Crippen molar-refractivity contribution in [3.8, 4) is 0 Å². The van der Waals surface area contributed by atoms with E-state index in [1.807, 2.05) is 0 Å². The number of nitrogens with zero attached hydrogens (tertiary/aromatic N) is 1. The van der Waals surface area contributed by atoms with Gasteiger partial charge in [0.2, 0.25) is 0 Å². The Balaban J connectivity index is 2.45. The van der Waals surface area contributed by atoms with Gasteiger partial charge in [-0.05, 0) is 19.8 Å². The summed E-state index contributed by atoms with van der Waals surface area (Å²) >= 11 is 0. The largest absolute Gasteiger partial charge is 0.392 e. The zero-order chi connectivity index (χ0) is 9.90. The van der Waals surface area contributed by atoms with Crippen LogP contribution in [0.3, 0.4) is 0 Å². The second kappa shape index (κ2) is 4.36. The molecular formula is C7H16N2O3S. The SMILES string of the molecule is C[C@@H](O)CNS(=O)(=O)N1CCCC1. The second-order valence-electron chi connectivity index (χ2n) is 3.31. The van der Waals surface area contributed by atoms with Crippen LogP contribution in [0.15, 0.2) is 0 Å². The molecule has 1 heterocycles. The lowest BCUT2D eigenvalue weighted by atomic mass is 10.4. The Morgan fingerprint density at radius 2 is 2.00 bits per heavy atom. The summed E-state index contributed by atoms with van der Waals surface area (Å²) in [5, 5.41) is 8.91. The molecule has 0 aliphatic carbocycles. The average molecular weight is 208 g/mol. The Bertz CT molecular complexity index is 244. The molecule has 0 bridgehead atoms. The van der Waals surface area contributed by atoms with Gasteiger partial charge in [0.15, 0.2) is 0 Å². The predicted molar refractivity (Wildman–Crippen MR) is 49.4 cm³/mol. The first-order chi connectivity index (χ1) is 6.02. The van der Waals surface area contributed by atoms with E-state index in [4.69, 9.17) is 5.11 Å². The fourth-order valence-corrected chi connectivity index (χ4v) is 2.62. The molecule has 0 spiro atoms. The van der Waals surface area contributed by atoms with E-state index in [0.717, 1.165) is 12.8 Å². The van der Waals surface area contributed by atoms with Crippen molar-refractivity contribution in [3.05, 3.63) is 0 Å². The number of nitrogens with one attached hydrogen (secondary N) is 1. The number of hydrogen-bond donors (Lipinski definition) is 2. The molecule has 1 aliphatic heterocycles. The topological polar surface area (TPSA) is 69.6 Å². The van der Waals surface area contributed by atoms with Crippen molar-refractivity contribution in [2.75, 3.05) is 19.6 Å². The van der Waals surface area contributed by atoms with Crippen LogP contribution in [0.4, 0.5) is 0 Å². The van der Waals surface area contributed by atoms with Crippen molar-refractivity contribution in [1.82, 2.24) is 9.03 Å². The summed E-state index contributed by atoms with van der Waals surface area (Å²) in [5.74, 6) is 0. The number of hydrogen-bond acceptors (Lipinski definition) is 3. The minimum Gasteiger partial charge on any atom is -0.392 e. The molecule has 2 N–H and O–H groups in total. The Labute approximate surface area is 78.9 Å². The molecule has 78 valence electrons. The molecular weight excluding hydrogens is 192 g/mol. The fourth-order valence-electron chi connectivity index (χ4n) is 1.25. The van der Waals surface area contributed by atoms with E-state index < -0.39 is 16.3 Å². The molecule has 0 radical (unpaired) electrons. The van der Waals surface area contributed by atoms with Gasteiger partial charge in [-0.25, -0.2) is 0 Å². The highest BCUT2D eigenvalue weighted by molar-refractivity contribution is 7.87. The molecule has 1 rings (SSSR count). The van der Waals surface area contributed by atoms with Crippen LogP contribution in [0.1, 0.15) is 19.8 Å². The molecule has 0 aromatic rings. The van der Waals surface area contributed by atoms with Crippen LogP contribution in [0.5, 0.6) is 0 Å². The molecule has 5 nitrogen and oxygen atoms in total. The van der Waals surface area contributed by atoms with Crippen molar-refractivity contribution in [2.45, 2.75) is 25.9 Å². The van der Waals surface area contributed by atoms with E-state index in [1.165, 1.54) is 4.31 Å². The zero-order valence-electron chi connectivity index (χ0n) is 7.73. The van der Waals surface area contributed by atoms with Gasteiger partial charge in [0.25, 0.3) is 10.2 Å². The minimum absolute atomic E-state index is 0.0822. The summed E-state index contributed by atoms with van der Waals surface area (Å²) in [7, 11) is -3.33. The van der Waals surface area contributed by atoms with Crippen LogP contribution in [0.2, 0.25) is 0 Å². The summed E-state index contributed by atoms with van der Waals surface area (Å²) in [5.41, 5.74) is 0. The maximum atomic E-state index is 11.4. The molecule has 1 saturated heterocycles. The van der Waals surface area contributed by atoms with Crippen LogP contribution in [-0.4, -0.2) is 43.6 Å². The van der Waals surface area contributed by atoms with Crippen LogP contribution in [0.25, 0.3) is 0 Å². The monoisotopic (exact) mass is 208 g/mol. The van der Waals surface area contributed by atoms with Crippen molar-refractivity contribution < 1.29 is 13.5 Å². The third-order valence-electron chi connectivity index (χ3n) is 1.97. The minimum atomic E-state index is -3.33. The molecule has 0 aromatic heterocycles.